The third-order valence-corrected chi connectivity index (χ3v) is 7.90. The molecular weight excluding hydrogens is 468 g/mol. The van der Waals surface area contributed by atoms with Gasteiger partial charge in [-0.3, -0.25) is 9.59 Å². The molecule has 194 valence electrons. The standard InChI is InChI=1S/C27H34N8O2/c1-33(2)26(37)22-12-17-14-29-27(32-25(17)35(22)20-6-4-3-5-7-20)31-23-11-10-21(15-28-23)34-16-19-9-8-18(30-19)13-24(34)36/h10-12,14-15,18-20,30H,3-9,13,16H2,1-2H3,(H,28,29,31,32)/t18-,19+/m0/s1. The summed E-state index contributed by atoms with van der Waals surface area (Å²) in [5, 5.41) is 7.61. The molecule has 2 amide bonds. The molecule has 2 bridgehead atoms. The molecule has 3 fully saturated rings. The van der Waals surface area contributed by atoms with Gasteiger partial charge in [-0.15, -0.1) is 0 Å². The Bertz CT molecular complexity index is 1310. The molecule has 3 aromatic rings. The van der Waals surface area contributed by atoms with E-state index >= 15 is 0 Å². The van der Waals surface area contributed by atoms with Crippen molar-refractivity contribution in [1.82, 2.24) is 29.7 Å². The fourth-order valence-corrected chi connectivity index (χ4v) is 6.00. The summed E-state index contributed by atoms with van der Waals surface area (Å²) in [5.74, 6) is 1.15. The van der Waals surface area contributed by atoms with Gasteiger partial charge in [-0.2, -0.15) is 4.98 Å². The second-order valence-electron chi connectivity index (χ2n) is 10.7. The summed E-state index contributed by atoms with van der Waals surface area (Å²) in [6.07, 6.45) is 11.8. The number of aromatic nitrogens is 4. The summed E-state index contributed by atoms with van der Waals surface area (Å²) in [7, 11) is 3.55. The molecule has 5 heterocycles. The van der Waals surface area contributed by atoms with Crippen molar-refractivity contribution in [2.75, 3.05) is 30.9 Å². The smallest absolute Gasteiger partial charge is 0.270 e. The van der Waals surface area contributed by atoms with Gasteiger partial charge in [0, 0.05) is 56.8 Å². The van der Waals surface area contributed by atoms with Gasteiger partial charge in [-0.05, 0) is 43.9 Å². The van der Waals surface area contributed by atoms with E-state index in [0.717, 1.165) is 55.2 Å². The Balaban J connectivity index is 1.26. The molecule has 3 aliphatic rings. The predicted molar refractivity (Wildman–Crippen MR) is 142 cm³/mol. The van der Waals surface area contributed by atoms with Gasteiger partial charge < -0.3 is 25.0 Å². The number of nitrogens with zero attached hydrogens (tertiary/aromatic N) is 6. The minimum Gasteiger partial charge on any atom is -0.343 e. The minimum absolute atomic E-state index is 0.0261. The van der Waals surface area contributed by atoms with E-state index < -0.39 is 0 Å². The molecule has 0 unspecified atom stereocenters. The van der Waals surface area contributed by atoms with Gasteiger partial charge >= 0.3 is 0 Å². The molecule has 1 aliphatic carbocycles. The second kappa shape index (κ2) is 9.74. The molecule has 0 aromatic carbocycles. The number of carbonyl (C=O) groups is 2. The third kappa shape index (κ3) is 4.66. The third-order valence-electron chi connectivity index (χ3n) is 7.90. The maximum absolute atomic E-state index is 13.0. The predicted octanol–water partition coefficient (Wildman–Crippen LogP) is 3.63. The van der Waals surface area contributed by atoms with Crippen molar-refractivity contribution in [3.05, 3.63) is 36.3 Å². The van der Waals surface area contributed by atoms with Crippen LogP contribution in [0.4, 0.5) is 17.5 Å². The highest BCUT2D eigenvalue weighted by atomic mass is 16.2. The zero-order valence-electron chi connectivity index (χ0n) is 21.5. The largest absolute Gasteiger partial charge is 0.343 e. The fraction of sp³-hybridized carbons (Fsp3) is 0.519. The van der Waals surface area contributed by atoms with Crippen molar-refractivity contribution in [3.63, 3.8) is 0 Å². The molecule has 0 spiro atoms. The van der Waals surface area contributed by atoms with Gasteiger partial charge in [0.1, 0.15) is 17.2 Å². The number of rotatable bonds is 5. The van der Waals surface area contributed by atoms with Crippen LogP contribution < -0.4 is 15.5 Å². The molecule has 10 nitrogen and oxygen atoms in total. The average molecular weight is 503 g/mol. The Morgan fingerprint density at radius 3 is 2.62 bits per heavy atom. The van der Waals surface area contributed by atoms with E-state index in [1.807, 2.05) is 23.1 Å². The van der Waals surface area contributed by atoms with E-state index in [0.29, 0.717) is 42.5 Å². The van der Waals surface area contributed by atoms with Gasteiger partial charge in [0.25, 0.3) is 5.91 Å². The van der Waals surface area contributed by atoms with Crippen LogP contribution in [0.25, 0.3) is 11.0 Å². The van der Waals surface area contributed by atoms with E-state index in [2.05, 4.69) is 25.2 Å². The van der Waals surface area contributed by atoms with Crippen LogP contribution in [0.2, 0.25) is 0 Å². The summed E-state index contributed by atoms with van der Waals surface area (Å²) in [4.78, 5) is 43.1. The van der Waals surface area contributed by atoms with Crippen molar-refractivity contribution in [2.45, 2.75) is 69.5 Å². The number of amides is 2. The van der Waals surface area contributed by atoms with Crippen LogP contribution in [0.3, 0.4) is 0 Å². The highest BCUT2D eigenvalue weighted by Gasteiger charge is 2.34. The van der Waals surface area contributed by atoms with E-state index in [1.54, 1.807) is 31.4 Å². The maximum Gasteiger partial charge on any atom is 0.270 e. The monoisotopic (exact) mass is 502 g/mol. The van der Waals surface area contributed by atoms with Gasteiger partial charge in [0.05, 0.1) is 11.9 Å². The van der Waals surface area contributed by atoms with Gasteiger partial charge in [0.2, 0.25) is 11.9 Å². The first kappa shape index (κ1) is 23.8. The molecule has 3 aromatic heterocycles. The summed E-state index contributed by atoms with van der Waals surface area (Å²) < 4.78 is 2.12. The van der Waals surface area contributed by atoms with Crippen molar-refractivity contribution >= 4 is 40.3 Å². The first-order valence-corrected chi connectivity index (χ1v) is 13.4. The summed E-state index contributed by atoms with van der Waals surface area (Å²) in [5.41, 5.74) is 2.23. The maximum atomic E-state index is 13.0. The zero-order chi connectivity index (χ0) is 25.5. The van der Waals surface area contributed by atoms with Gasteiger partial charge in [0.15, 0.2) is 0 Å². The minimum atomic E-state index is -0.0261. The van der Waals surface area contributed by atoms with Gasteiger partial charge in [-0.1, -0.05) is 19.3 Å². The van der Waals surface area contributed by atoms with Crippen LogP contribution >= 0.6 is 0 Å². The summed E-state index contributed by atoms with van der Waals surface area (Å²) in [6.45, 7) is 0.676. The van der Waals surface area contributed by atoms with Crippen LogP contribution in [-0.4, -0.2) is 69.0 Å². The number of fused-ring (bicyclic) bond motifs is 3. The number of nitrogens with one attached hydrogen (secondary N) is 2. The Labute approximate surface area is 216 Å². The molecule has 2 saturated heterocycles. The second-order valence-corrected chi connectivity index (χ2v) is 10.7. The highest BCUT2D eigenvalue weighted by molar-refractivity contribution is 5.98. The molecule has 1 saturated carbocycles. The molecule has 0 radical (unpaired) electrons. The Kier molecular flexibility index (Phi) is 6.27. The molecule has 2 N–H and O–H groups in total. The molecule has 6 rings (SSSR count). The van der Waals surface area contributed by atoms with Gasteiger partial charge in [-0.25, -0.2) is 9.97 Å². The van der Waals surface area contributed by atoms with Crippen LogP contribution in [-0.2, 0) is 4.79 Å². The highest BCUT2D eigenvalue weighted by Crippen LogP contribution is 2.34. The Morgan fingerprint density at radius 2 is 1.86 bits per heavy atom. The normalized spacial score (nSPS) is 22.3. The molecular formula is C27H34N8O2. The number of pyridine rings is 1. The molecule has 2 aliphatic heterocycles. The lowest BCUT2D eigenvalue weighted by Crippen LogP contribution is -2.37. The zero-order valence-corrected chi connectivity index (χ0v) is 21.5. The molecule has 2 atom stereocenters. The van der Waals surface area contributed by atoms with E-state index in [1.165, 1.54) is 6.42 Å². The lowest BCUT2D eigenvalue weighted by Gasteiger charge is -2.26. The van der Waals surface area contributed by atoms with Crippen LogP contribution in [0.15, 0.2) is 30.6 Å². The number of hydrogen-bond donors (Lipinski definition) is 2. The van der Waals surface area contributed by atoms with Crippen LogP contribution in [0.5, 0.6) is 0 Å². The first-order chi connectivity index (χ1) is 18.0. The number of carbonyl (C=O) groups excluding carboxylic acids is 2. The molecule has 37 heavy (non-hydrogen) atoms. The lowest BCUT2D eigenvalue weighted by atomic mass is 9.95. The van der Waals surface area contributed by atoms with Crippen LogP contribution in [0, 0.1) is 0 Å². The average Bonchev–Trinajstić information content (AvgIpc) is 3.46. The quantitative estimate of drug-likeness (QED) is 0.548. The van der Waals surface area contributed by atoms with E-state index in [-0.39, 0.29) is 17.9 Å². The van der Waals surface area contributed by atoms with Crippen LogP contribution in [0.1, 0.15) is 67.9 Å². The number of anilines is 3. The van der Waals surface area contributed by atoms with Crippen molar-refractivity contribution in [3.8, 4) is 0 Å². The summed E-state index contributed by atoms with van der Waals surface area (Å²) in [6, 6.07) is 6.57. The van der Waals surface area contributed by atoms with Crippen molar-refractivity contribution < 1.29 is 9.59 Å². The summed E-state index contributed by atoms with van der Waals surface area (Å²) >= 11 is 0. The Morgan fingerprint density at radius 1 is 1.05 bits per heavy atom. The van der Waals surface area contributed by atoms with Crippen molar-refractivity contribution in [2.24, 2.45) is 0 Å². The van der Waals surface area contributed by atoms with Crippen molar-refractivity contribution in [1.29, 1.82) is 0 Å². The molecule has 10 heteroatoms. The lowest BCUT2D eigenvalue weighted by molar-refractivity contribution is -0.118. The van der Waals surface area contributed by atoms with E-state index in [4.69, 9.17) is 4.98 Å². The Hall–Kier alpha value is -3.53. The first-order valence-electron chi connectivity index (χ1n) is 13.4. The SMILES string of the molecule is CN(C)C(=O)c1cc2cnc(Nc3ccc(N4C[C@H]5CC[C@@H](CC4=O)N5)cn3)nc2n1C1CCCCC1. The number of hydrogen-bond acceptors (Lipinski definition) is 7. The topological polar surface area (TPSA) is 108 Å². The fourth-order valence-electron chi connectivity index (χ4n) is 6.00. The van der Waals surface area contributed by atoms with E-state index in [9.17, 15) is 9.59 Å².